The van der Waals surface area contributed by atoms with Gasteiger partial charge in [0.05, 0.1) is 5.25 Å². The Labute approximate surface area is 139 Å². The van der Waals surface area contributed by atoms with E-state index in [1.54, 1.807) is 6.92 Å². The molecule has 5 nitrogen and oxygen atoms in total. The Kier molecular flexibility index (Phi) is 5.98. The van der Waals surface area contributed by atoms with E-state index in [1.165, 1.54) is 17.8 Å². The van der Waals surface area contributed by atoms with Crippen molar-refractivity contribution in [3.8, 4) is 0 Å². The Balaban J connectivity index is 2.03. The maximum Gasteiger partial charge on any atom is 0.251 e. The molecule has 0 saturated carbocycles. The molecule has 0 aliphatic rings. The van der Waals surface area contributed by atoms with Gasteiger partial charge in [-0.15, -0.1) is 0 Å². The quantitative estimate of drug-likeness (QED) is 0.630. The van der Waals surface area contributed by atoms with Crippen LogP contribution in [-0.4, -0.2) is 21.1 Å². The van der Waals surface area contributed by atoms with Crippen molar-refractivity contribution in [1.29, 1.82) is 0 Å². The molecule has 0 spiro atoms. The van der Waals surface area contributed by atoms with Crippen LogP contribution in [0.15, 0.2) is 40.3 Å². The second-order valence-corrected chi connectivity index (χ2v) is 6.74. The van der Waals surface area contributed by atoms with Crippen molar-refractivity contribution < 1.29 is 4.79 Å². The minimum atomic E-state index is -0.365. The summed E-state index contributed by atoms with van der Waals surface area (Å²) >= 11 is 1.25. The number of benzene rings is 1. The Morgan fingerprint density at radius 3 is 2.70 bits per heavy atom. The van der Waals surface area contributed by atoms with E-state index in [2.05, 4.69) is 15.3 Å². The number of rotatable bonds is 6. The van der Waals surface area contributed by atoms with Gasteiger partial charge in [-0.3, -0.25) is 9.59 Å². The van der Waals surface area contributed by atoms with E-state index in [4.69, 9.17) is 0 Å². The summed E-state index contributed by atoms with van der Waals surface area (Å²) in [6, 6.07) is 9.13. The molecular weight excluding hydrogens is 310 g/mol. The Morgan fingerprint density at radius 1 is 1.35 bits per heavy atom. The van der Waals surface area contributed by atoms with E-state index in [-0.39, 0.29) is 16.7 Å². The van der Waals surface area contributed by atoms with Gasteiger partial charge in [-0.1, -0.05) is 42.8 Å². The van der Waals surface area contributed by atoms with Crippen LogP contribution in [0.25, 0.3) is 0 Å². The molecule has 1 aromatic heterocycles. The number of anilines is 1. The topological polar surface area (TPSA) is 74.8 Å². The van der Waals surface area contributed by atoms with E-state index in [0.717, 1.165) is 29.8 Å². The third-order valence-corrected chi connectivity index (χ3v) is 4.24. The summed E-state index contributed by atoms with van der Waals surface area (Å²) in [6.07, 6.45) is 1.67. The Hall–Kier alpha value is -2.08. The van der Waals surface area contributed by atoms with Crippen LogP contribution in [0.2, 0.25) is 0 Å². The maximum absolute atomic E-state index is 12.2. The molecule has 0 aliphatic heterocycles. The molecule has 0 aliphatic carbocycles. The molecule has 0 saturated heterocycles. The summed E-state index contributed by atoms with van der Waals surface area (Å²) in [4.78, 5) is 31.0. The van der Waals surface area contributed by atoms with Crippen LogP contribution in [0.5, 0.6) is 0 Å². The molecule has 2 aromatic rings. The second kappa shape index (κ2) is 7.97. The van der Waals surface area contributed by atoms with Crippen molar-refractivity contribution >= 4 is 23.4 Å². The first-order valence-corrected chi connectivity index (χ1v) is 8.50. The average Bonchev–Trinajstić information content (AvgIpc) is 2.49. The zero-order valence-corrected chi connectivity index (χ0v) is 14.4. The first kappa shape index (κ1) is 17.3. The molecule has 1 amide bonds. The number of hydrogen-bond acceptors (Lipinski definition) is 4. The summed E-state index contributed by atoms with van der Waals surface area (Å²) in [5.74, 6) is -0.123. The summed E-state index contributed by atoms with van der Waals surface area (Å²) < 4.78 is 0. The number of amides is 1. The third-order valence-electron chi connectivity index (χ3n) is 3.26. The number of carbonyl (C=O) groups is 1. The molecule has 0 unspecified atom stereocenters. The monoisotopic (exact) mass is 331 g/mol. The van der Waals surface area contributed by atoms with E-state index in [0.29, 0.717) is 5.16 Å². The number of carbonyl (C=O) groups excluding carboxylic acids is 1. The molecule has 0 bridgehead atoms. The van der Waals surface area contributed by atoms with Gasteiger partial charge in [-0.05, 0) is 32.4 Å². The lowest BCUT2D eigenvalue weighted by molar-refractivity contribution is -0.115. The molecule has 1 heterocycles. The summed E-state index contributed by atoms with van der Waals surface area (Å²) in [7, 11) is 0. The number of nitrogens with one attached hydrogen (secondary N) is 2. The van der Waals surface area contributed by atoms with E-state index in [9.17, 15) is 9.59 Å². The molecular formula is C17H21N3O2S. The number of aromatic amines is 1. The maximum atomic E-state index is 12.2. The molecule has 1 atom stereocenters. The third kappa shape index (κ3) is 5.25. The van der Waals surface area contributed by atoms with E-state index < -0.39 is 0 Å². The van der Waals surface area contributed by atoms with Gasteiger partial charge in [0.2, 0.25) is 5.91 Å². The van der Waals surface area contributed by atoms with Crippen molar-refractivity contribution in [2.24, 2.45) is 0 Å². The highest BCUT2D eigenvalue weighted by atomic mass is 32.2. The fourth-order valence-corrected chi connectivity index (χ4v) is 2.86. The average molecular weight is 331 g/mol. The van der Waals surface area contributed by atoms with Crippen LogP contribution in [-0.2, 0) is 11.2 Å². The zero-order chi connectivity index (χ0) is 16.8. The molecule has 0 fully saturated rings. The van der Waals surface area contributed by atoms with Gasteiger partial charge < -0.3 is 10.3 Å². The smallest absolute Gasteiger partial charge is 0.251 e. The molecule has 1 aromatic carbocycles. The number of aryl methyl sites for hydroxylation is 2. The van der Waals surface area contributed by atoms with Crippen LogP contribution in [0.1, 0.15) is 31.5 Å². The second-order valence-electron chi connectivity index (χ2n) is 5.41. The molecule has 2 N–H and O–H groups in total. The molecule has 6 heteroatoms. The lowest BCUT2D eigenvalue weighted by Gasteiger charge is -2.12. The van der Waals surface area contributed by atoms with Crippen molar-refractivity contribution in [1.82, 2.24) is 9.97 Å². The van der Waals surface area contributed by atoms with Gasteiger partial charge in [-0.25, -0.2) is 4.98 Å². The van der Waals surface area contributed by atoms with Gasteiger partial charge in [-0.2, -0.15) is 0 Å². The first-order chi connectivity index (χ1) is 11.0. The standard InChI is InChI=1S/C17H21N3O2S/c1-4-5-14-10-15(21)20-17(19-14)23-12(3)16(22)18-13-8-6-11(2)7-9-13/h6-10,12H,4-5H2,1-3H3,(H,18,22)(H,19,20,21)/t12-/m0/s1. The minimum absolute atomic E-state index is 0.123. The Morgan fingerprint density at radius 2 is 2.04 bits per heavy atom. The highest BCUT2D eigenvalue weighted by molar-refractivity contribution is 8.00. The van der Waals surface area contributed by atoms with Crippen molar-refractivity contribution in [2.45, 2.75) is 44.0 Å². The highest BCUT2D eigenvalue weighted by Crippen LogP contribution is 2.20. The normalized spacial score (nSPS) is 12.0. The largest absolute Gasteiger partial charge is 0.325 e. The zero-order valence-electron chi connectivity index (χ0n) is 13.6. The summed E-state index contributed by atoms with van der Waals surface area (Å²) in [6.45, 7) is 5.82. The molecule has 2 rings (SSSR count). The van der Waals surface area contributed by atoms with Crippen molar-refractivity contribution in [3.05, 3.63) is 51.9 Å². The molecule has 0 radical (unpaired) electrons. The fourth-order valence-electron chi connectivity index (χ4n) is 2.03. The predicted octanol–water partition coefficient (Wildman–Crippen LogP) is 3.15. The predicted molar refractivity (Wildman–Crippen MR) is 94.0 cm³/mol. The summed E-state index contributed by atoms with van der Waals surface area (Å²) in [5, 5.41) is 2.98. The van der Waals surface area contributed by atoms with Crippen LogP contribution >= 0.6 is 11.8 Å². The van der Waals surface area contributed by atoms with Gasteiger partial charge in [0.15, 0.2) is 5.16 Å². The minimum Gasteiger partial charge on any atom is -0.325 e. The lowest BCUT2D eigenvalue weighted by atomic mass is 10.2. The number of nitrogens with zero attached hydrogens (tertiary/aromatic N) is 1. The first-order valence-electron chi connectivity index (χ1n) is 7.62. The highest BCUT2D eigenvalue weighted by Gasteiger charge is 2.16. The number of thioether (sulfide) groups is 1. The van der Waals surface area contributed by atoms with Gasteiger partial charge >= 0.3 is 0 Å². The van der Waals surface area contributed by atoms with Gasteiger partial charge in [0.1, 0.15) is 0 Å². The lowest BCUT2D eigenvalue weighted by Crippen LogP contribution is -2.23. The van der Waals surface area contributed by atoms with E-state index >= 15 is 0 Å². The van der Waals surface area contributed by atoms with Crippen molar-refractivity contribution in [3.63, 3.8) is 0 Å². The fraction of sp³-hybridized carbons (Fsp3) is 0.353. The van der Waals surface area contributed by atoms with Crippen LogP contribution in [0.3, 0.4) is 0 Å². The van der Waals surface area contributed by atoms with Crippen LogP contribution in [0, 0.1) is 6.92 Å². The Bertz CT molecular complexity index is 725. The number of H-pyrrole nitrogens is 1. The molecule has 122 valence electrons. The number of hydrogen-bond donors (Lipinski definition) is 2. The van der Waals surface area contributed by atoms with Gasteiger partial charge in [0, 0.05) is 17.4 Å². The van der Waals surface area contributed by atoms with E-state index in [1.807, 2.05) is 38.1 Å². The molecule has 23 heavy (non-hydrogen) atoms. The summed E-state index contributed by atoms with van der Waals surface area (Å²) in [5.41, 5.74) is 2.47. The number of aromatic nitrogens is 2. The SMILES string of the molecule is CCCc1cc(=O)[nH]c(S[C@@H](C)C(=O)Nc2ccc(C)cc2)n1. The van der Waals surface area contributed by atoms with Crippen molar-refractivity contribution in [2.75, 3.05) is 5.32 Å². The van der Waals surface area contributed by atoms with Gasteiger partial charge in [0.25, 0.3) is 5.56 Å². The van der Waals surface area contributed by atoms with Crippen LogP contribution in [0.4, 0.5) is 5.69 Å². The van der Waals surface area contributed by atoms with Crippen LogP contribution < -0.4 is 10.9 Å².